The molecule has 0 amide bonds. The molecule has 2 aromatic rings. The van der Waals surface area contributed by atoms with Gasteiger partial charge < -0.3 is 14.8 Å². The van der Waals surface area contributed by atoms with E-state index in [9.17, 15) is 0 Å². The van der Waals surface area contributed by atoms with E-state index in [-0.39, 0.29) is 0 Å². The summed E-state index contributed by atoms with van der Waals surface area (Å²) in [5.74, 6) is 0.668. The summed E-state index contributed by atoms with van der Waals surface area (Å²) in [7, 11) is 1.67. The molecule has 0 radical (unpaired) electrons. The lowest BCUT2D eigenvalue weighted by Crippen LogP contribution is -2.19. The Hall–Kier alpha value is -1.26. The molecule has 0 aliphatic carbocycles. The molecule has 23 heavy (non-hydrogen) atoms. The van der Waals surface area contributed by atoms with E-state index in [0.29, 0.717) is 35.6 Å². The standard InChI is InChI=1S/C18H21Cl2NO2/c1-13-3-5-14(6-4-13)12-23-18-15(11-21-7-8-22-2)9-16(19)10-17(18)20/h3-6,9-10,21H,7-8,11-12H2,1-2H3. The minimum absolute atomic E-state index is 0.465. The summed E-state index contributed by atoms with van der Waals surface area (Å²) in [6.45, 7) is 4.54. The van der Waals surface area contributed by atoms with Crippen molar-refractivity contribution in [3.63, 3.8) is 0 Å². The van der Waals surface area contributed by atoms with Crippen LogP contribution in [0, 0.1) is 6.92 Å². The van der Waals surface area contributed by atoms with Gasteiger partial charge in [0.15, 0.2) is 0 Å². The first kappa shape index (κ1) is 18.1. The first-order chi connectivity index (χ1) is 11.1. The second-order valence-corrected chi connectivity index (χ2v) is 6.16. The molecule has 5 heteroatoms. The van der Waals surface area contributed by atoms with Crippen molar-refractivity contribution >= 4 is 23.2 Å². The van der Waals surface area contributed by atoms with Crippen molar-refractivity contribution in [1.29, 1.82) is 0 Å². The van der Waals surface area contributed by atoms with Crippen LogP contribution in [-0.2, 0) is 17.9 Å². The van der Waals surface area contributed by atoms with E-state index < -0.39 is 0 Å². The quantitative estimate of drug-likeness (QED) is 0.702. The van der Waals surface area contributed by atoms with Crippen LogP contribution in [0.15, 0.2) is 36.4 Å². The van der Waals surface area contributed by atoms with Gasteiger partial charge in [-0.15, -0.1) is 0 Å². The predicted molar refractivity (Wildman–Crippen MR) is 95.6 cm³/mol. The van der Waals surface area contributed by atoms with Gasteiger partial charge in [0, 0.05) is 30.8 Å². The van der Waals surface area contributed by atoms with Crippen LogP contribution < -0.4 is 10.1 Å². The van der Waals surface area contributed by atoms with Crippen molar-refractivity contribution in [3.8, 4) is 5.75 Å². The van der Waals surface area contributed by atoms with Crippen LogP contribution in [-0.4, -0.2) is 20.3 Å². The van der Waals surface area contributed by atoms with Crippen molar-refractivity contribution in [2.24, 2.45) is 0 Å². The van der Waals surface area contributed by atoms with Crippen LogP contribution in [0.3, 0.4) is 0 Å². The zero-order valence-corrected chi connectivity index (χ0v) is 14.9. The van der Waals surface area contributed by atoms with Crippen molar-refractivity contribution < 1.29 is 9.47 Å². The summed E-state index contributed by atoms with van der Waals surface area (Å²) in [5.41, 5.74) is 3.26. The third-order valence-corrected chi connectivity index (χ3v) is 3.89. The van der Waals surface area contributed by atoms with Gasteiger partial charge in [0.1, 0.15) is 12.4 Å². The molecule has 3 nitrogen and oxygen atoms in total. The van der Waals surface area contributed by atoms with Gasteiger partial charge in [0.05, 0.1) is 11.6 Å². The number of benzene rings is 2. The summed E-state index contributed by atoms with van der Waals surface area (Å²) < 4.78 is 11.0. The molecule has 0 atom stereocenters. The average Bonchev–Trinajstić information content (AvgIpc) is 2.52. The molecule has 0 heterocycles. The van der Waals surface area contributed by atoms with Crippen molar-refractivity contribution in [1.82, 2.24) is 5.32 Å². The lowest BCUT2D eigenvalue weighted by Gasteiger charge is -2.15. The van der Waals surface area contributed by atoms with Gasteiger partial charge in [-0.25, -0.2) is 0 Å². The fourth-order valence-corrected chi connectivity index (χ4v) is 2.73. The molecule has 0 saturated heterocycles. The van der Waals surface area contributed by atoms with Crippen molar-refractivity contribution in [2.45, 2.75) is 20.1 Å². The molecule has 124 valence electrons. The summed E-state index contributed by atoms with van der Waals surface area (Å²) >= 11 is 12.4. The maximum atomic E-state index is 6.30. The molecule has 0 saturated carbocycles. The smallest absolute Gasteiger partial charge is 0.142 e. The Bertz CT molecular complexity index is 630. The third-order valence-electron chi connectivity index (χ3n) is 3.39. The number of halogens is 2. The van der Waals surface area contributed by atoms with Gasteiger partial charge in [-0.1, -0.05) is 53.0 Å². The molecule has 0 bridgehead atoms. The zero-order chi connectivity index (χ0) is 16.7. The van der Waals surface area contributed by atoms with Crippen LogP contribution >= 0.6 is 23.2 Å². The lowest BCUT2D eigenvalue weighted by molar-refractivity contribution is 0.199. The second-order valence-electron chi connectivity index (χ2n) is 5.32. The molecule has 0 aliphatic heterocycles. The van der Waals surface area contributed by atoms with Gasteiger partial charge in [0.2, 0.25) is 0 Å². The van der Waals surface area contributed by atoms with Crippen LogP contribution in [0.4, 0.5) is 0 Å². The van der Waals surface area contributed by atoms with Gasteiger partial charge in [0.25, 0.3) is 0 Å². The molecule has 0 fully saturated rings. The Morgan fingerprint density at radius 2 is 1.83 bits per heavy atom. The first-order valence-electron chi connectivity index (χ1n) is 7.46. The highest BCUT2D eigenvalue weighted by atomic mass is 35.5. The third kappa shape index (κ3) is 5.70. The SMILES string of the molecule is COCCNCc1cc(Cl)cc(Cl)c1OCc1ccc(C)cc1. The average molecular weight is 354 g/mol. The molecular formula is C18H21Cl2NO2. The molecule has 0 spiro atoms. The predicted octanol–water partition coefficient (Wildman–Crippen LogP) is 4.62. The highest BCUT2D eigenvalue weighted by Gasteiger charge is 2.11. The molecule has 0 unspecified atom stereocenters. The Labute approximate surface area is 147 Å². The van der Waals surface area contributed by atoms with E-state index >= 15 is 0 Å². The topological polar surface area (TPSA) is 30.5 Å². The molecular weight excluding hydrogens is 333 g/mol. The van der Waals surface area contributed by atoms with E-state index in [1.54, 1.807) is 13.2 Å². The second kappa shape index (κ2) is 9.14. The lowest BCUT2D eigenvalue weighted by atomic mass is 10.1. The van der Waals surface area contributed by atoms with Crippen LogP contribution in [0.2, 0.25) is 10.0 Å². The number of rotatable bonds is 8. The van der Waals surface area contributed by atoms with Gasteiger partial charge in [-0.2, -0.15) is 0 Å². The fraction of sp³-hybridized carbons (Fsp3) is 0.333. The maximum absolute atomic E-state index is 6.30. The van der Waals surface area contributed by atoms with E-state index in [2.05, 4.69) is 36.5 Å². The molecule has 0 aromatic heterocycles. The number of methoxy groups -OCH3 is 1. The first-order valence-corrected chi connectivity index (χ1v) is 8.21. The van der Waals surface area contributed by atoms with Crippen molar-refractivity contribution in [3.05, 3.63) is 63.1 Å². The van der Waals surface area contributed by atoms with E-state index in [1.165, 1.54) is 5.56 Å². The van der Waals surface area contributed by atoms with Gasteiger partial charge in [-0.3, -0.25) is 0 Å². The summed E-state index contributed by atoms with van der Waals surface area (Å²) in [4.78, 5) is 0. The van der Waals surface area contributed by atoms with Crippen LogP contribution in [0.1, 0.15) is 16.7 Å². The summed E-state index contributed by atoms with van der Waals surface area (Å²) in [6.07, 6.45) is 0. The maximum Gasteiger partial charge on any atom is 0.142 e. The Kier molecular flexibility index (Phi) is 7.18. The largest absolute Gasteiger partial charge is 0.487 e. The minimum atomic E-state index is 0.465. The van der Waals surface area contributed by atoms with E-state index in [1.807, 2.05) is 6.07 Å². The van der Waals surface area contributed by atoms with Gasteiger partial charge in [-0.05, 0) is 24.6 Å². The number of nitrogens with one attached hydrogen (secondary N) is 1. The number of ether oxygens (including phenoxy) is 2. The monoisotopic (exact) mass is 353 g/mol. The zero-order valence-electron chi connectivity index (χ0n) is 13.4. The Morgan fingerprint density at radius 3 is 2.52 bits per heavy atom. The van der Waals surface area contributed by atoms with Crippen LogP contribution in [0.5, 0.6) is 5.75 Å². The molecule has 2 aromatic carbocycles. The summed E-state index contributed by atoms with van der Waals surface area (Å²) in [6, 6.07) is 11.8. The molecule has 0 aliphatic rings. The Balaban J connectivity index is 2.07. The highest BCUT2D eigenvalue weighted by Crippen LogP contribution is 2.33. The van der Waals surface area contributed by atoms with E-state index in [4.69, 9.17) is 32.7 Å². The number of hydrogen-bond donors (Lipinski definition) is 1. The minimum Gasteiger partial charge on any atom is -0.487 e. The normalized spacial score (nSPS) is 10.8. The van der Waals surface area contributed by atoms with Gasteiger partial charge >= 0.3 is 0 Å². The van der Waals surface area contributed by atoms with Crippen LogP contribution in [0.25, 0.3) is 0 Å². The highest BCUT2D eigenvalue weighted by molar-refractivity contribution is 6.35. The van der Waals surface area contributed by atoms with Crippen molar-refractivity contribution in [2.75, 3.05) is 20.3 Å². The van der Waals surface area contributed by atoms with E-state index in [0.717, 1.165) is 17.7 Å². The number of hydrogen-bond acceptors (Lipinski definition) is 3. The Morgan fingerprint density at radius 1 is 1.09 bits per heavy atom. The number of aryl methyl sites for hydroxylation is 1. The summed E-state index contributed by atoms with van der Waals surface area (Å²) in [5, 5.41) is 4.40. The fourth-order valence-electron chi connectivity index (χ4n) is 2.14. The molecule has 2 rings (SSSR count). The molecule has 1 N–H and O–H groups in total.